The summed E-state index contributed by atoms with van der Waals surface area (Å²) in [7, 11) is 0. The molecule has 5 nitrogen and oxygen atoms in total. The van der Waals surface area contributed by atoms with Crippen molar-refractivity contribution in [3.63, 3.8) is 0 Å². The fourth-order valence-corrected chi connectivity index (χ4v) is 3.53. The smallest absolute Gasteiger partial charge is 0.272 e. The molecule has 0 unspecified atom stereocenters. The van der Waals surface area contributed by atoms with Crippen LogP contribution in [0.5, 0.6) is 5.75 Å². The molecular formula is C22H14BrCl2N3O2. The van der Waals surface area contributed by atoms with Crippen molar-refractivity contribution in [2.75, 3.05) is 0 Å². The maximum atomic E-state index is 12.2. The van der Waals surface area contributed by atoms with E-state index in [9.17, 15) is 4.79 Å². The summed E-state index contributed by atoms with van der Waals surface area (Å²) < 4.78 is 6.52. The Morgan fingerprint density at radius 1 is 1.17 bits per heavy atom. The van der Waals surface area contributed by atoms with Crippen molar-refractivity contribution in [2.24, 2.45) is 5.10 Å². The summed E-state index contributed by atoms with van der Waals surface area (Å²) in [6.07, 6.45) is 1.50. The first-order valence-electron chi connectivity index (χ1n) is 8.66. The molecule has 0 heterocycles. The summed E-state index contributed by atoms with van der Waals surface area (Å²) >= 11 is 15.3. The number of amides is 1. The van der Waals surface area contributed by atoms with Gasteiger partial charge in [0.05, 0.1) is 32.9 Å². The lowest BCUT2D eigenvalue weighted by Crippen LogP contribution is -2.18. The summed E-state index contributed by atoms with van der Waals surface area (Å²) in [5.74, 6) is 0.181. The highest BCUT2D eigenvalue weighted by molar-refractivity contribution is 9.10. The molecule has 3 aromatic rings. The highest BCUT2D eigenvalue weighted by atomic mass is 79.9. The maximum absolute atomic E-state index is 12.2. The molecule has 0 fully saturated rings. The Hall–Kier alpha value is -2.85. The lowest BCUT2D eigenvalue weighted by molar-refractivity contribution is 0.0955. The molecule has 1 N–H and O–H groups in total. The van der Waals surface area contributed by atoms with E-state index in [4.69, 9.17) is 33.2 Å². The quantitative estimate of drug-likeness (QED) is 0.333. The monoisotopic (exact) mass is 501 g/mol. The van der Waals surface area contributed by atoms with E-state index in [0.717, 1.165) is 11.1 Å². The van der Waals surface area contributed by atoms with Gasteiger partial charge in [-0.25, -0.2) is 5.43 Å². The molecule has 0 atom stereocenters. The number of nitriles is 1. The van der Waals surface area contributed by atoms with Crippen molar-refractivity contribution in [3.05, 3.63) is 97.4 Å². The Morgan fingerprint density at radius 2 is 1.97 bits per heavy atom. The third kappa shape index (κ3) is 5.61. The average molecular weight is 503 g/mol. The fraction of sp³-hybridized carbons (Fsp3) is 0.0455. The molecule has 150 valence electrons. The zero-order chi connectivity index (χ0) is 21.5. The highest BCUT2D eigenvalue weighted by Gasteiger charge is 2.10. The number of carbonyl (C=O) groups is 1. The molecule has 3 rings (SSSR count). The number of carbonyl (C=O) groups excluding carboxylic acids is 1. The maximum Gasteiger partial charge on any atom is 0.272 e. The van der Waals surface area contributed by atoms with Crippen LogP contribution in [0.1, 0.15) is 27.0 Å². The highest BCUT2D eigenvalue weighted by Crippen LogP contribution is 2.27. The number of nitrogens with one attached hydrogen (secondary N) is 1. The molecular weight excluding hydrogens is 489 g/mol. The van der Waals surface area contributed by atoms with Crippen molar-refractivity contribution in [3.8, 4) is 11.8 Å². The molecule has 0 aromatic heterocycles. The molecule has 0 saturated heterocycles. The molecule has 0 radical (unpaired) electrons. The van der Waals surface area contributed by atoms with Gasteiger partial charge in [0, 0.05) is 10.6 Å². The number of benzene rings is 3. The standard InChI is InChI=1S/C22H14BrCl2N3O2/c23-19-9-14(12-27-28-22(29)18-7-6-17(24)10-20(18)25)5-8-21(19)30-13-16-4-2-1-3-15(16)11-26/h1-10,12H,13H2,(H,28,29)/b27-12+. The number of nitrogens with zero attached hydrogens (tertiary/aromatic N) is 2. The molecule has 0 aliphatic rings. The second-order valence-electron chi connectivity index (χ2n) is 6.07. The van der Waals surface area contributed by atoms with Crippen LogP contribution in [-0.4, -0.2) is 12.1 Å². The molecule has 0 spiro atoms. The third-order valence-electron chi connectivity index (χ3n) is 4.03. The molecule has 0 bridgehead atoms. The minimum atomic E-state index is -0.442. The zero-order valence-electron chi connectivity index (χ0n) is 15.4. The van der Waals surface area contributed by atoms with Crippen LogP contribution in [0.25, 0.3) is 0 Å². The third-order valence-corrected chi connectivity index (χ3v) is 5.20. The first-order valence-corrected chi connectivity index (χ1v) is 10.2. The predicted octanol–water partition coefficient (Wildman–Crippen LogP) is 5.97. The van der Waals surface area contributed by atoms with Crippen molar-refractivity contribution in [1.82, 2.24) is 5.43 Å². The van der Waals surface area contributed by atoms with Gasteiger partial charge in [-0.05, 0) is 64.0 Å². The van der Waals surface area contributed by atoms with E-state index < -0.39 is 5.91 Å². The van der Waals surface area contributed by atoms with Gasteiger partial charge < -0.3 is 4.74 Å². The van der Waals surface area contributed by atoms with E-state index in [1.807, 2.05) is 18.2 Å². The summed E-state index contributed by atoms with van der Waals surface area (Å²) in [5, 5.41) is 13.8. The van der Waals surface area contributed by atoms with Crippen molar-refractivity contribution >= 4 is 51.3 Å². The predicted molar refractivity (Wildman–Crippen MR) is 121 cm³/mol. The molecule has 8 heteroatoms. The molecule has 0 aliphatic heterocycles. The van der Waals surface area contributed by atoms with Gasteiger partial charge in [-0.15, -0.1) is 0 Å². The van der Waals surface area contributed by atoms with Crippen LogP contribution in [0.15, 0.2) is 70.2 Å². The molecule has 0 saturated carbocycles. The summed E-state index contributed by atoms with van der Waals surface area (Å²) in [4.78, 5) is 12.2. The van der Waals surface area contributed by atoms with Crippen molar-refractivity contribution in [2.45, 2.75) is 6.61 Å². The number of halogens is 3. The van der Waals surface area contributed by atoms with Crippen LogP contribution in [0.3, 0.4) is 0 Å². The summed E-state index contributed by atoms with van der Waals surface area (Å²) in [6.45, 7) is 0.272. The molecule has 3 aromatic carbocycles. The number of rotatable bonds is 6. The fourth-order valence-electron chi connectivity index (χ4n) is 2.52. The number of hydrazone groups is 1. The van der Waals surface area contributed by atoms with E-state index in [2.05, 4.69) is 32.5 Å². The molecule has 30 heavy (non-hydrogen) atoms. The SMILES string of the molecule is N#Cc1ccccc1COc1ccc(/C=N/NC(=O)c2ccc(Cl)cc2Cl)cc1Br. The first kappa shape index (κ1) is 21.8. The lowest BCUT2D eigenvalue weighted by Gasteiger charge is -2.10. The second kappa shape index (κ2) is 10.3. The topological polar surface area (TPSA) is 74.5 Å². The van der Waals surface area contributed by atoms with E-state index in [1.54, 1.807) is 30.3 Å². The summed E-state index contributed by atoms with van der Waals surface area (Å²) in [6, 6.07) is 19.4. The van der Waals surface area contributed by atoms with Crippen LogP contribution in [-0.2, 0) is 6.61 Å². The number of hydrogen-bond acceptors (Lipinski definition) is 4. The van der Waals surface area contributed by atoms with E-state index in [1.165, 1.54) is 18.3 Å². The van der Waals surface area contributed by atoms with Gasteiger partial charge in [0.2, 0.25) is 0 Å². The Bertz CT molecular complexity index is 1160. The van der Waals surface area contributed by atoms with Crippen LogP contribution in [0.4, 0.5) is 0 Å². The summed E-state index contributed by atoms with van der Waals surface area (Å²) in [5.41, 5.74) is 4.83. The lowest BCUT2D eigenvalue weighted by atomic mass is 10.1. The van der Waals surface area contributed by atoms with E-state index in [0.29, 0.717) is 20.8 Å². The van der Waals surface area contributed by atoms with Crippen molar-refractivity contribution < 1.29 is 9.53 Å². The Balaban J connectivity index is 1.62. The molecule has 1 amide bonds. The van der Waals surface area contributed by atoms with Crippen LogP contribution >= 0.6 is 39.1 Å². The first-order chi connectivity index (χ1) is 14.5. The van der Waals surface area contributed by atoms with Gasteiger partial charge in [0.15, 0.2) is 0 Å². The Labute approximate surface area is 192 Å². The van der Waals surface area contributed by atoms with Gasteiger partial charge in [0.25, 0.3) is 5.91 Å². The van der Waals surface area contributed by atoms with Crippen LogP contribution < -0.4 is 10.2 Å². The van der Waals surface area contributed by atoms with Gasteiger partial charge in [-0.3, -0.25) is 4.79 Å². The molecule has 0 aliphatic carbocycles. The second-order valence-corrected chi connectivity index (χ2v) is 7.77. The Morgan fingerprint density at radius 3 is 2.70 bits per heavy atom. The van der Waals surface area contributed by atoms with Crippen LogP contribution in [0, 0.1) is 11.3 Å². The van der Waals surface area contributed by atoms with Gasteiger partial charge in [-0.2, -0.15) is 10.4 Å². The zero-order valence-corrected chi connectivity index (χ0v) is 18.5. The van der Waals surface area contributed by atoms with E-state index >= 15 is 0 Å². The van der Waals surface area contributed by atoms with Gasteiger partial charge in [-0.1, -0.05) is 41.4 Å². The average Bonchev–Trinajstić information content (AvgIpc) is 2.73. The van der Waals surface area contributed by atoms with Gasteiger partial charge in [0.1, 0.15) is 12.4 Å². The number of hydrogen-bond donors (Lipinski definition) is 1. The minimum absolute atomic E-state index is 0.248. The van der Waals surface area contributed by atoms with Crippen LogP contribution in [0.2, 0.25) is 10.0 Å². The number of ether oxygens (including phenoxy) is 1. The largest absolute Gasteiger partial charge is 0.488 e. The van der Waals surface area contributed by atoms with Gasteiger partial charge >= 0.3 is 0 Å². The normalized spacial score (nSPS) is 10.6. The Kier molecular flexibility index (Phi) is 7.47. The van der Waals surface area contributed by atoms with Crippen molar-refractivity contribution in [1.29, 1.82) is 5.26 Å². The van der Waals surface area contributed by atoms with E-state index in [-0.39, 0.29) is 17.2 Å². The minimum Gasteiger partial charge on any atom is -0.488 e.